The van der Waals surface area contributed by atoms with Crippen molar-refractivity contribution in [1.29, 1.82) is 0 Å². The zero-order chi connectivity index (χ0) is 19.2. The molecule has 3 rings (SSSR count). The number of hydrogen-bond acceptors (Lipinski definition) is 4. The molecule has 0 fully saturated rings. The molecule has 1 atom stereocenters. The van der Waals surface area contributed by atoms with Crippen LogP contribution in [0.5, 0.6) is 5.75 Å². The van der Waals surface area contributed by atoms with Crippen molar-refractivity contribution in [3.63, 3.8) is 0 Å². The van der Waals surface area contributed by atoms with Gasteiger partial charge in [-0.2, -0.15) is 0 Å². The number of ether oxygens (including phenoxy) is 1. The van der Waals surface area contributed by atoms with Crippen LogP contribution in [0.25, 0.3) is 0 Å². The van der Waals surface area contributed by atoms with Crippen molar-refractivity contribution in [3.8, 4) is 5.75 Å². The summed E-state index contributed by atoms with van der Waals surface area (Å²) in [6.45, 7) is 9.73. The summed E-state index contributed by atoms with van der Waals surface area (Å²) in [4.78, 5) is 11.5. The largest absolute Gasteiger partial charge is 0.494 e. The van der Waals surface area contributed by atoms with Gasteiger partial charge in [-0.3, -0.25) is 9.98 Å². The molecule has 2 heterocycles. The van der Waals surface area contributed by atoms with Gasteiger partial charge in [-0.25, -0.2) is 0 Å². The van der Waals surface area contributed by atoms with Crippen molar-refractivity contribution in [2.45, 2.75) is 20.3 Å². The normalized spacial score (nSPS) is 18.4. The van der Waals surface area contributed by atoms with Crippen molar-refractivity contribution >= 4 is 11.4 Å². The Bertz CT molecular complexity index is 841. The van der Waals surface area contributed by atoms with E-state index in [9.17, 15) is 0 Å². The summed E-state index contributed by atoms with van der Waals surface area (Å²) in [5, 5.41) is 0. The highest BCUT2D eigenvalue weighted by Crippen LogP contribution is 2.32. The van der Waals surface area contributed by atoms with E-state index in [0.717, 1.165) is 35.7 Å². The quantitative estimate of drug-likeness (QED) is 0.636. The summed E-state index contributed by atoms with van der Waals surface area (Å²) in [6, 6.07) is 8.20. The third-order valence-electron chi connectivity index (χ3n) is 4.79. The third kappa shape index (κ3) is 4.27. The Morgan fingerprint density at radius 2 is 2.00 bits per heavy atom. The van der Waals surface area contributed by atoms with E-state index in [4.69, 9.17) is 9.73 Å². The van der Waals surface area contributed by atoms with Crippen molar-refractivity contribution in [2.24, 2.45) is 15.9 Å². The van der Waals surface area contributed by atoms with Gasteiger partial charge in [-0.15, -0.1) is 0 Å². The first-order chi connectivity index (χ1) is 13.2. The molecule has 1 aromatic carbocycles. The molecule has 0 aromatic heterocycles. The van der Waals surface area contributed by atoms with E-state index >= 15 is 0 Å². The zero-order valence-corrected chi connectivity index (χ0v) is 16.4. The molecule has 4 heteroatoms. The number of hydrogen-bond donors (Lipinski definition) is 0. The van der Waals surface area contributed by atoms with Gasteiger partial charge >= 0.3 is 0 Å². The molecule has 0 amide bonds. The minimum atomic E-state index is 0.148. The molecule has 0 saturated heterocycles. The molecule has 2 aliphatic heterocycles. The fourth-order valence-corrected chi connectivity index (χ4v) is 3.21. The number of allylic oxidation sites excluding steroid dienone is 4. The Morgan fingerprint density at radius 3 is 2.67 bits per heavy atom. The maximum atomic E-state index is 5.52. The predicted octanol–water partition coefficient (Wildman–Crippen LogP) is 4.57. The highest BCUT2D eigenvalue weighted by molar-refractivity contribution is 6.45. The molecule has 0 N–H and O–H groups in total. The Hall–Kier alpha value is -2.88. The summed E-state index contributed by atoms with van der Waals surface area (Å²) in [6.07, 6.45) is 10.8. The van der Waals surface area contributed by atoms with Gasteiger partial charge in [0, 0.05) is 38.6 Å². The average molecular weight is 361 g/mol. The number of aliphatic imine (C=N–C) groups is 2. The van der Waals surface area contributed by atoms with E-state index in [1.165, 1.54) is 11.1 Å². The number of fused-ring (bicyclic) bond motifs is 1. The summed E-state index contributed by atoms with van der Waals surface area (Å²) < 4.78 is 5.52. The van der Waals surface area contributed by atoms with E-state index < -0.39 is 0 Å². The molecular weight excluding hydrogens is 334 g/mol. The summed E-state index contributed by atoms with van der Waals surface area (Å²) >= 11 is 0. The average Bonchev–Trinajstić information content (AvgIpc) is 3.12. The lowest BCUT2D eigenvalue weighted by Crippen LogP contribution is -2.26. The first-order valence-electron chi connectivity index (χ1n) is 9.44. The molecule has 0 spiro atoms. The summed E-state index contributed by atoms with van der Waals surface area (Å²) in [5.74, 6) is 1.04. The first kappa shape index (κ1) is 18.9. The van der Waals surface area contributed by atoms with Crippen molar-refractivity contribution in [3.05, 3.63) is 78.3 Å². The van der Waals surface area contributed by atoms with E-state index in [2.05, 4.69) is 54.9 Å². The molecule has 0 aliphatic carbocycles. The van der Waals surface area contributed by atoms with Crippen molar-refractivity contribution < 1.29 is 4.74 Å². The predicted molar refractivity (Wildman–Crippen MR) is 113 cm³/mol. The Morgan fingerprint density at radius 1 is 1.22 bits per heavy atom. The molecule has 0 saturated carbocycles. The second kappa shape index (κ2) is 8.67. The van der Waals surface area contributed by atoms with Crippen LogP contribution in [0.15, 0.2) is 82.7 Å². The lowest BCUT2D eigenvalue weighted by molar-refractivity contribution is 0.340. The minimum Gasteiger partial charge on any atom is -0.494 e. The van der Waals surface area contributed by atoms with E-state index in [-0.39, 0.29) is 5.92 Å². The first-order valence-corrected chi connectivity index (χ1v) is 9.44. The monoisotopic (exact) mass is 361 g/mol. The maximum absolute atomic E-state index is 5.52. The molecule has 0 bridgehead atoms. The van der Waals surface area contributed by atoms with Gasteiger partial charge in [0.1, 0.15) is 5.75 Å². The summed E-state index contributed by atoms with van der Waals surface area (Å²) in [7, 11) is 2.07. The molecule has 27 heavy (non-hydrogen) atoms. The topological polar surface area (TPSA) is 37.2 Å². The number of benzene rings is 1. The Balaban J connectivity index is 1.75. The summed E-state index contributed by atoms with van der Waals surface area (Å²) in [5.41, 5.74) is 5.54. The number of nitrogens with zero attached hydrogens (tertiary/aromatic N) is 3. The van der Waals surface area contributed by atoms with Crippen LogP contribution in [0, 0.1) is 5.92 Å². The van der Waals surface area contributed by atoms with Gasteiger partial charge in [-0.05, 0) is 42.7 Å². The van der Waals surface area contributed by atoms with Gasteiger partial charge in [0.2, 0.25) is 0 Å². The van der Waals surface area contributed by atoms with Gasteiger partial charge in [0.25, 0.3) is 0 Å². The van der Waals surface area contributed by atoms with Crippen LogP contribution < -0.4 is 4.74 Å². The smallest absolute Gasteiger partial charge is 0.119 e. The van der Waals surface area contributed by atoms with Gasteiger partial charge in [0.15, 0.2) is 0 Å². The number of rotatable bonds is 8. The molecule has 0 radical (unpaired) electrons. The second-order valence-corrected chi connectivity index (χ2v) is 6.61. The Kier molecular flexibility index (Phi) is 6.07. The van der Waals surface area contributed by atoms with Crippen LogP contribution in [0.3, 0.4) is 0 Å². The lowest BCUT2D eigenvalue weighted by Gasteiger charge is -2.20. The second-order valence-electron chi connectivity index (χ2n) is 6.61. The van der Waals surface area contributed by atoms with Crippen LogP contribution in [-0.4, -0.2) is 36.5 Å². The molecule has 2 aliphatic rings. The van der Waals surface area contributed by atoms with Gasteiger partial charge in [-0.1, -0.05) is 30.9 Å². The van der Waals surface area contributed by atoms with Gasteiger partial charge in [0.05, 0.1) is 23.9 Å². The van der Waals surface area contributed by atoms with Crippen LogP contribution in [0.2, 0.25) is 0 Å². The molecule has 140 valence electrons. The van der Waals surface area contributed by atoms with E-state index in [1.54, 1.807) is 0 Å². The van der Waals surface area contributed by atoms with Crippen LogP contribution in [0.1, 0.15) is 19.4 Å². The highest BCUT2D eigenvalue weighted by Gasteiger charge is 2.29. The van der Waals surface area contributed by atoms with Crippen molar-refractivity contribution in [2.75, 3.05) is 20.2 Å². The SMILES string of the molecule is C=C/C(=C\N(C)CC)C1=CN=C2C(Cc3ccc(OCC)cc3)=NC=CC12. The standard InChI is InChI=1S/C23H27N3O/c1-5-18(16-26(4)6-2)21-15-25-23-20(21)12-13-24-22(23)14-17-8-10-19(11-9-17)27-7-3/h5,8-13,15-16,20H,1,6-7,14H2,2-4H3/b18-16+. The molecular formula is C23H27N3O. The van der Waals surface area contributed by atoms with Crippen LogP contribution in [-0.2, 0) is 6.42 Å². The fourth-order valence-electron chi connectivity index (χ4n) is 3.21. The van der Waals surface area contributed by atoms with E-state index in [1.807, 2.05) is 37.5 Å². The fraction of sp³-hybridized carbons (Fsp3) is 0.304. The van der Waals surface area contributed by atoms with Gasteiger partial charge < -0.3 is 9.64 Å². The van der Waals surface area contributed by atoms with Crippen LogP contribution in [0.4, 0.5) is 0 Å². The zero-order valence-electron chi connectivity index (χ0n) is 16.4. The maximum Gasteiger partial charge on any atom is 0.119 e. The minimum absolute atomic E-state index is 0.148. The van der Waals surface area contributed by atoms with Crippen molar-refractivity contribution in [1.82, 2.24) is 4.90 Å². The highest BCUT2D eigenvalue weighted by atomic mass is 16.5. The molecule has 1 unspecified atom stereocenters. The third-order valence-corrected chi connectivity index (χ3v) is 4.79. The lowest BCUT2D eigenvalue weighted by atomic mass is 9.86. The van der Waals surface area contributed by atoms with Crippen LogP contribution >= 0.6 is 0 Å². The Labute approximate surface area is 162 Å². The molecule has 4 nitrogen and oxygen atoms in total. The van der Waals surface area contributed by atoms with E-state index in [0.29, 0.717) is 6.61 Å². The molecule has 1 aromatic rings.